The Morgan fingerprint density at radius 1 is 1.25 bits per heavy atom. The van der Waals surface area contributed by atoms with Gasteiger partial charge in [-0.25, -0.2) is 0 Å². The number of nitrogens with zero attached hydrogens (tertiary/aromatic N) is 1. The quantitative estimate of drug-likeness (QED) is 0.526. The van der Waals surface area contributed by atoms with Crippen molar-refractivity contribution >= 4 is 38.8 Å². The van der Waals surface area contributed by atoms with Gasteiger partial charge in [-0.2, -0.15) is 0 Å². The van der Waals surface area contributed by atoms with Crippen molar-refractivity contribution < 1.29 is 9.21 Å². The van der Waals surface area contributed by atoms with Crippen LogP contribution >= 0.6 is 15.9 Å². The molecule has 2 aromatic heterocycles. The summed E-state index contributed by atoms with van der Waals surface area (Å²) in [6.07, 6.45) is 6.60. The summed E-state index contributed by atoms with van der Waals surface area (Å²) in [4.78, 5) is 16.0. The molecule has 4 heteroatoms. The number of furan rings is 1. The van der Waals surface area contributed by atoms with E-state index in [0.717, 1.165) is 15.4 Å². The zero-order valence-corrected chi connectivity index (χ0v) is 12.0. The number of hydrogen-bond donors (Lipinski definition) is 0. The molecule has 0 aliphatic heterocycles. The number of fused-ring (bicyclic) bond motifs is 1. The van der Waals surface area contributed by atoms with E-state index in [0.29, 0.717) is 11.3 Å². The average Bonchev–Trinajstić information content (AvgIpc) is 2.89. The van der Waals surface area contributed by atoms with Gasteiger partial charge in [-0.15, -0.1) is 0 Å². The molecule has 2 heterocycles. The Labute approximate surface area is 124 Å². The largest absolute Gasteiger partial charge is 0.453 e. The van der Waals surface area contributed by atoms with E-state index < -0.39 is 0 Å². The van der Waals surface area contributed by atoms with Crippen LogP contribution in [0.3, 0.4) is 0 Å². The van der Waals surface area contributed by atoms with Gasteiger partial charge in [-0.3, -0.25) is 9.78 Å². The molecule has 3 aromatic rings. The van der Waals surface area contributed by atoms with Crippen molar-refractivity contribution in [2.75, 3.05) is 0 Å². The van der Waals surface area contributed by atoms with Crippen molar-refractivity contribution in [3.8, 4) is 0 Å². The number of carbonyl (C=O) groups excluding carboxylic acids is 1. The van der Waals surface area contributed by atoms with Gasteiger partial charge in [0.1, 0.15) is 5.58 Å². The molecule has 0 saturated heterocycles. The molecular weight excluding hydrogens is 318 g/mol. The number of hydrogen-bond acceptors (Lipinski definition) is 3. The summed E-state index contributed by atoms with van der Waals surface area (Å²) in [5, 5.41) is 0.900. The number of benzene rings is 1. The maximum absolute atomic E-state index is 12.1. The Morgan fingerprint density at radius 2 is 2.15 bits per heavy atom. The Bertz CT molecular complexity index is 791. The number of aromatic nitrogens is 1. The maximum Gasteiger partial charge on any atom is 0.221 e. The first-order valence-electron chi connectivity index (χ1n) is 6.04. The molecule has 98 valence electrons. The van der Waals surface area contributed by atoms with E-state index in [2.05, 4.69) is 20.9 Å². The van der Waals surface area contributed by atoms with Crippen molar-refractivity contribution in [3.63, 3.8) is 0 Å². The molecule has 0 aliphatic carbocycles. The van der Waals surface area contributed by atoms with Gasteiger partial charge in [0, 0.05) is 22.3 Å². The third kappa shape index (κ3) is 2.70. The first-order chi connectivity index (χ1) is 9.72. The molecule has 0 radical (unpaired) electrons. The van der Waals surface area contributed by atoms with Crippen molar-refractivity contribution in [1.82, 2.24) is 4.98 Å². The first-order valence-corrected chi connectivity index (χ1v) is 6.83. The lowest BCUT2D eigenvalue weighted by Crippen LogP contribution is -1.90. The van der Waals surface area contributed by atoms with E-state index in [1.165, 1.54) is 6.08 Å². The SMILES string of the molecule is O=C(C=Cc1cccnc1)c1cc2cc(Br)ccc2o1. The highest BCUT2D eigenvalue weighted by Crippen LogP contribution is 2.23. The maximum atomic E-state index is 12.1. The van der Waals surface area contributed by atoms with Gasteiger partial charge in [0.25, 0.3) is 0 Å². The van der Waals surface area contributed by atoms with Gasteiger partial charge in [0.15, 0.2) is 5.76 Å². The lowest BCUT2D eigenvalue weighted by molar-refractivity contribution is 0.102. The summed E-state index contributed by atoms with van der Waals surface area (Å²) >= 11 is 3.39. The van der Waals surface area contributed by atoms with Crippen LogP contribution in [0.25, 0.3) is 17.0 Å². The van der Waals surface area contributed by atoms with Crippen molar-refractivity contribution in [2.24, 2.45) is 0 Å². The number of pyridine rings is 1. The van der Waals surface area contributed by atoms with Crippen LogP contribution in [0, 0.1) is 0 Å². The van der Waals surface area contributed by atoms with Crippen LogP contribution in [0.2, 0.25) is 0 Å². The molecule has 0 bridgehead atoms. The van der Waals surface area contributed by atoms with E-state index in [4.69, 9.17) is 4.42 Å². The summed E-state index contributed by atoms with van der Waals surface area (Å²) < 4.78 is 6.49. The van der Waals surface area contributed by atoms with E-state index >= 15 is 0 Å². The van der Waals surface area contributed by atoms with Gasteiger partial charge in [-0.1, -0.05) is 22.0 Å². The summed E-state index contributed by atoms with van der Waals surface area (Å²) in [6, 6.07) is 11.1. The summed E-state index contributed by atoms with van der Waals surface area (Å²) in [5.41, 5.74) is 1.58. The average molecular weight is 328 g/mol. The summed E-state index contributed by atoms with van der Waals surface area (Å²) in [6.45, 7) is 0. The number of rotatable bonds is 3. The fourth-order valence-corrected chi connectivity index (χ4v) is 2.24. The predicted octanol–water partition coefficient (Wildman–Crippen LogP) is 4.49. The fraction of sp³-hybridized carbons (Fsp3) is 0. The Kier molecular flexibility index (Phi) is 3.48. The van der Waals surface area contributed by atoms with Crippen LogP contribution in [0.1, 0.15) is 16.1 Å². The Morgan fingerprint density at radius 3 is 2.95 bits per heavy atom. The van der Waals surface area contributed by atoms with Gasteiger partial charge in [-0.05, 0) is 48.0 Å². The standard InChI is InChI=1S/C16H10BrNO2/c17-13-4-6-15-12(8-13)9-16(20-15)14(19)5-3-11-2-1-7-18-10-11/h1-10H. The van der Waals surface area contributed by atoms with E-state index in [-0.39, 0.29) is 5.78 Å². The molecule has 0 amide bonds. The van der Waals surface area contributed by atoms with Crippen molar-refractivity contribution in [2.45, 2.75) is 0 Å². The predicted molar refractivity (Wildman–Crippen MR) is 81.5 cm³/mol. The lowest BCUT2D eigenvalue weighted by Gasteiger charge is -1.90. The molecule has 0 saturated carbocycles. The zero-order chi connectivity index (χ0) is 13.9. The van der Waals surface area contributed by atoms with Crippen LogP contribution in [-0.4, -0.2) is 10.8 Å². The minimum atomic E-state index is -0.166. The van der Waals surface area contributed by atoms with Gasteiger partial charge >= 0.3 is 0 Å². The number of halogens is 1. The van der Waals surface area contributed by atoms with Gasteiger partial charge in [0.05, 0.1) is 0 Å². The van der Waals surface area contributed by atoms with E-state index in [9.17, 15) is 4.79 Å². The highest BCUT2D eigenvalue weighted by Gasteiger charge is 2.09. The molecular formula is C16H10BrNO2. The topological polar surface area (TPSA) is 43.1 Å². The minimum absolute atomic E-state index is 0.166. The zero-order valence-electron chi connectivity index (χ0n) is 10.4. The first kappa shape index (κ1) is 12.8. The third-order valence-electron chi connectivity index (χ3n) is 2.83. The molecule has 3 rings (SSSR count). The number of allylic oxidation sites excluding steroid dienone is 1. The highest BCUT2D eigenvalue weighted by atomic mass is 79.9. The fourth-order valence-electron chi connectivity index (χ4n) is 1.86. The molecule has 0 atom stereocenters. The lowest BCUT2D eigenvalue weighted by atomic mass is 10.2. The smallest absolute Gasteiger partial charge is 0.221 e. The second kappa shape index (κ2) is 5.43. The van der Waals surface area contributed by atoms with Crippen molar-refractivity contribution in [1.29, 1.82) is 0 Å². The van der Waals surface area contributed by atoms with Crippen LogP contribution < -0.4 is 0 Å². The normalized spacial score (nSPS) is 11.2. The van der Waals surface area contributed by atoms with Crippen LogP contribution in [0.4, 0.5) is 0 Å². The Balaban J connectivity index is 1.87. The molecule has 0 aliphatic rings. The number of carbonyl (C=O) groups is 1. The second-order valence-electron chi connectivity index (χ2n) is 4.28. The van der Waals surface area contributed by atoms with Gasteiger partial charge in [0.2, 0.25) is 5.78 Å². The monoisotopic (exact) mass is 327 g/mol. The van der Waals surface area contributed by atoms with Crippen LogP contribution in [0.15, 0.2) is 63.8 Å². The third-order valence-corrected chi connectivity index (χ3v) is 3.33. The molecule has 0 fully saturated rings. The molecule has 0 spiro atoms. The van der Waals surface area contributed by atoms with E-state index in [1.54, 1.807) is 24.5 Å². The highest BCUT2D eigenvalue weighted by molar-refractivity contribution is 9.10. The Hall–Kier alpha value is -2.20. The molecule has 0 unspecified atom stereocenters. The van der Waals surface area contributed by atoms with E-state index in [1.807, 2.05) is 30.3 Å². The van der Waals surface area contributed by atoms with Crippen molar-refractivity contribution in [3.05, 3.63) is 70.7 Å². The van der Waals surface area contributed by atoms with Crippen LogP contribution in [-0.2, 0) is 0 Å². The minimum Gasteiger partial charge on any atom is -0.453 e. The summed E-state index contributed by atoms with van der Waals surface area (Å²) in [5.74, 6) is 0.166. The second-order valence-corrected chi connectivity index (χ2v) is 5.19. The van der Waals surface area contributed by atoms with Crippen LogP contribution in [0.5, 0.6) is 0 Å². The number of ketones is 1. The molecule has 3 nitrogen and oxygen atoms in total. The summed E-state index contributed by atoms with van der Waals surface area (Å²) in [7, 11) is 0. The van der Waals surface area contributed by atoms with Gasteiger partial charge < -0.3 is 4.42 Å². The molecule has 1 aromatic carbocycles. The molecule has 0 N–H and O–H groups in total. The molecule has 20 heavy (non-hydrogen) atoms.